The number of likely N-dealkylation sites (N-methyl/N-ethyl adjacent to an activating group) is 1. The summed E-state index contributed by atoms with van der Waals surface area (Å²) in [6.07, 6.45) is 1.12. The Bertz CT molecular complexity index is 848. The van der Waals surface area contributed by atoms with Crippen molar-refractivity contribution in [1.82, 2.24) is 0 Å². The lowest BCUT2D eigenvalue weighted by Crippen LogP contribution is -2.43. The van der Waals surface area contributed by atoms with Gasteiger partial charge in [-0.25, -0.2) is 8.42 Å². The van der Waals surface area contributed by atoms with Crippen LogP contribution < -0.4 is 9.21 Å². The highest BCUT2D eigenvalue weighted by atomic mass is 32.2. The first-order chi connectivity index (χ1) is 11.7. The van der Waals surface area contributed by atoms with E-state index in [1.54, 1.807) is 11.0 Å². The van der Waals surface area contributed by atoms with Crippen molar-refractivity contribution in [3.8, 4) is 0 Å². The summed E-state index contributed by atoms with van der Waals surface area (Å²) in [7, 11) is -3.59. The lowest BCUT2D eigenvalue weighted by Gasteiger charge is -2.28. The van der Waals surface area contributed by atoms with E-state index in [1.165, 1.54) is 4.31 Å². The molecule has 1 amide bonds. The van der Waals surface area contributed by atoms with E-state index in [0.29, 0.717) is 12.2 Å². The summed E-state index contributed by atoms with van der Waals surface area (Å²) in [5.74, 6) is -0.265. The average molecular weight is 360 g/mol. The second-order valence-corrected chi connectivity index (χ2v) is 7.94. The van der Waals surface area contributed by atoms with Gasteiger partial charge in [-0.05, 0) is 44.5 Å². The summed E-state index contributed by atoms with van der Waals surface area (Å²) in [4.78, 5) is 14.4. The molecule has 0 unspecified atom stereocenters. The molecule has 0 saturated heterocycles. The van der Waals surface area contributed by atoms with Crippen LogP contribution >= 0.6 is 0 Å². The third-order valence-electron chi connectivity index (χ3n) is 3.99. The molecule has 0 fully saturated rings. The molecule has 2 rings (SSSR count). The number of amides is 1. The molecule has 5 nitrogen and oxygen atoms in total. The highest BCUT2D eigenvalue weighted by Gasteiger charge is 2.25. The summed E-state index contributed by atoms with van der Waals surface area (Å²) in [6.45, 7) is 5.90. The van der Waals surface area contributed by atoms with Gasteiger partial charge in [0.05, 0.1) is 11.9 Å². The Labute approximate surface area is 149 Å². The zero-order chi connectivity index (χ0) is 18.6. The molecular formula is C19H24N2O3S. The predicted molar refractivity (Wildman–Crippen MR) is 103 cm³/mol. The monoisotopic (exact) mass is 360 g/mol. The normalized spacial score (nSPS) is 11.2. The van der Waals surface area contributed by atoms with Gasteiger partial charge in [0.1, 0.15) is 6.54 Å². The van der Waals surface area contributed by atoms with Gasteiger partial charge >= 0.3 is 0 Å². The molecule has 0 atom stereocenters. The number of sulfonamides is 1. The van der Waals surface area contributed by atoms with Crippen LogP contribution in [0, 0.1) is 13.8 Å². The zero-order valence-electron chi connectivity index (χ0n) is 15.1. The number of hydrogen-bond donors (Lipinski definition) is 0. The van der Waals surface area contributed by atoms with Crippen molar-refractivity contribution in [1.29, 1.82) is 0 Å². The molecule has 25 heavy (non-hydrogen) atoms. The maximum absolute atomic E-state index is 12.8. The van der Waals surface area contributed by atoms with Crippen LogP contribution in [0.5, 0.6) is 0 Å². The third-order valence-corrected chi connectivity index (χ3v) is 5.11. The molecule has 0 spiro atoms. The number of nitrogens with zero attached hydrogens (tertiary/aromatic N) is 2. The fourth-order valence-corrected chi connectivity index (χ4v) is 3.69. The van der Waals surface area contributed by atoms with Gasteiger partial charge < -0.3 is 4.90 Å². The highest BCUT2D eigenvalue weighted by molar-refractivity contribution is 7.92. The van der Waals surface area contributed by atoms with E-state index < -0.39 is 10.0 Å². The zero-order valence-corrected chi connectivity index (χ0v) is 15.9. The van der Waals surface area contributed by atoms with Gasteiger partial charge in [0, 0.05) is 12.2 Å². The van der Waals surface area contributed by atoms with Gasteiger partial charge in [-0.15, -0.1) is 0 Å². The number of anilines is 2. The van der Waals surface area contributed by atoms with E-state index in [4.69, 9.17) is 0 Å². The Morgan fingerprint density at radius 3 is 2.20 bits per heavy atom. The molecule has 6 heteroatoms. The predicted octanol–water partition coefficient (Wildman–Crippen LogP) is 3.12. The number of rotatable bonds is 6. The Morgan fingerprint density at radius 1 is 1.04 bits per heavy atom. The van der Waals surface area contributed by atoms with Crippen LogP contribution in [0.3, 0.4) is 0 Å². The topological polar surface area (TPSA) is 57.7 Å². The SMILES string of the molecule is CCN(C(=O)CN(c1ccc(C)cc1C)S(C)(=O)=O)c1ccccc1. The van der Waals surface area contributed by atoms with Crippen LogP contribution in [-0.2, 0) is 14.8 Å². The Hall–Kier alpha value is -2.34. The van der Waals surface area contributed by atoms with Gasteiger partial charge in [-0.2, -0.15) is 0 Å². The van der Waals surface area contributed by atoms with Crippen molar-refractivity contribution >= 4 is 27.3 Å². The summed E-state index contributed by atoms with van der Waals surface area (Å²) in [5, 5.41) is 0. The molecule has 134 valence electrons. The first-order valence-electron chi connectivity index (χ1n) is 8.14. The van der Waals surface area contributed by atoms with Crippen molar-refractivity contribution in [2.45, 2.75) is 20.8 Å². The minimum Gasteiger partial charge on any atom is -0.311 e. The number of benzene rings is 2. The standard InChI is InChI=1S/C19H24N2O3S/c1-5-20(17-9-7-6-8-10-17)19(22)14-21(25(4,23)24)18-12-11-15(2)13-16(18)3/h6-13H,5,14H2,1-4H3. The van der Waals surface area contributed by atoms with Gasteiger partial charge in [-0.3, -0.25) is 9.10 Å². The lowest BCUT2D eigenvalue weighted by molar-refractivity contribution is -0.117. The molecule has 0 aliphatic heterocycles. The quantitative estimate of drug-likeness (QED) is 0.795. The van der Waals surface area contributed by atoms with Crippen molar-refractivity contribution in [3.05, 3.63) is 59.7 Å². The Morgan fingerprint density at radius 2 is 1.68 bits per heavy atom. The maximum Gasteiger partial charge on any atom is 0.247 e. The largest absolute Gasteiger partial charge is 0.311 e. The van der Waals surface area contributed by atoms with Crippen molar-refractivity contribution in [2.24, 2.45) is 0 Å². The van der Waals surface area contributed by atoms with Crippen LogP contribution in [0.15, 0.2) is 48.5 Å². The van der Waals surface area contributed by atoms with Crippen LogP contribution in [0.2, 0.25) is 0 Å². The van der Waals surface area contributed by atoms with Gasteiger partial charge in [-0.1, -0.05) is 35.9 Å². The van der Waals surface area contributed by atoms with Gasteiger partial charge in [0.25, 0.3) is 0 Å². The Kier molecular flexibility index (Phi) is 5.85. The molecule has 0 aromatic heterocycles. The number of para-hydroxylation sites is 1. The third kappa shape index (κ3) is 4.60. The molecule has 0 N–H and O–H groups in total. The molecule has 0 aliphatic rings. The first kappa shape index (κ1) is 19.0. The second-order valence-electron chi connectivity index (χ2n) is 6.03. The van der Waals surface area contributed by atoms with Crippen molar-refractivity contribution in [3.63, 3.8) is 0 Å². The van der Waals surface area contributed by atoms with Crippen LogP contribution in [0.1, 0.15) is 18.1 Å². The summed E-state index contributed by atoms with van der Waals surface area (Å²) < 4.78 is 25.8. The van der Waals surface area contributed by atoms with E-state index in [1.807, 2.05) is 63.2 Å². The van der Waals surface area contributed by atoms with Crippen LogP contribution in [0.25, 0.3) is 0 Å². The molecule has 0 bridgehead atoms. The number of carbonyl (C=O) groups is 1. The maximum atomic E-state index is 12.8. The number of aryl methyl sites for hydroxylation is 2. The average Bonchev–Trinajstić information content (AvgIpc) is 2.54. The fraction of sp³-hybridized carbons (Fsp3) is 0.316. The smallest absolute Gasteiger partial charge is 0.247 e. The summed E-state index contributed by atoms with van der Waals surface area (Å²) >= 11 is 0. The van der Waals surface area contributed by atoms with Crippen molar-refractivity contribution in [2.75, 3.05) is 28.6 Å². The van der Waals surface area contributed by atoms with Crippen molar-refractivity contribution < 1.29 is 13.2 Å². The van der Waals surface area contributed by atoms with E-state index in [-0.39, 0.29) is 12.5 Å². The molecule has 0 heterocycles. The van der Waals surface area contributed by atoms with Gasteiger partial charge in [0.2, 0.25) is 15.9 Å². The first-order valence-corrected chi connectivity index (χ1v) is 9.99. The minimum atomic E-state index is -3.59. The molecule has 2 aromatic carbocycles. The lowest BCUT2D eigenvalue weighted by atomic mass is 10.1. The Balaban J connectivity index is 2.36. The molecular weight excluding hydrogens is 336 g/mol. The molecule has 0 aliphatic carbocycles. The summed E-state index contributed by atoms with van der Waals surface area (Å²) in [5.41, 5.74) is 3.15. The van der Waals surface area contributed by atoms with E-state index in [9.17, 15) is 13.2 Å². The van der Waals surface area contributed by atoms with E-state index >= 15 is 0 Å². The highest BCUT2D eigenvalue weighted by Crippen LogP contribution is 2.24. The van der Waals surface area contributed by atoms with Crippen LogP contribution in [-0.4, -0.2) is 33.7 Å². The van der Waals surface area contributed by atoms with E-state index in [2.05, 4.69) is 0 Å². The minimum absolute atomic E-state index is 0.231. The van der Waals surface area contributed by atoms with Gasteiger partial charge in [0.15, 0.2) is 0 Å². The molecule has 2 aromatic rings. The molecule has 0 saturated carbocycles. The number of carbonyl (C=O) groups excluding carboxylic acids is 1. The van der Waals surface area contributed by atoms with Crippen LogP contribution in [0.4, 0.5) is 11.4 Å². The molecule has 0 radical (unpaired) electrons. The number of hydrogen-bond acceptors (Lipinski definition) is 3. The summed E-state index contributed by atoms with van der Waals surface area (Å²) in [6, 6.07) is 14.8. The fourth-order valence-electron chi connectivity index (χ4n) is 2.79. The van der Waals surface area contributed by atoms with E-state index in [0.717, 1.165) is 23.1 Å². The second kappa shape index (κ2) is 7.70.